The van der Waals surface area contributed by atoms with E-state index < -0.39 is 0 Å². The van der Waals surface area contributed by atoms with E-state index in [4.69, 9.17) is 18.0 Å². The summed E-state index contributed by atoms with van der Waals surface area (Å²) in [6.07, 6.45) is 0. The van der Waals surface area contributed by atoms with E-state index in [1.54, 1.807) is 0 Å². The number of thiocarbonyl (C=S) groups is 1. The van der Waals surface area contributed by atoms with Crippen molar-refractivity contribution in [3.8, 4) is 0 Å². The Morgan fingerprint density at radius 2 is 2.00 bits per heavy atom. The van der Waals surface area contributed by atoms with Crippen molar-refractivity contribution in [1.29, 1.82) is 0 Å². The Morgan fingerprint density at radius 1 is 1.26 bits per heavy atom. The van der Waals surface area contributed by atoms with Crippen molar-refractivity contribution >= 4 is 44.6 Å². The third kappa shape index (κ3) is 3.52. The fourth-order valence-electron chi connectivity index (χ4n) is 1.80. The van der Waals surface area contributed by atoms with E-state index in [2.05, 4.69) is 26.2 Å². The minimum Gasteiger partial charge on any atom is -0.389 e. The second-order valence-electron chi connectivity index (χ2n) is 4.36. The van der Waals surface area contributed by atoms with Crippen LogP contribution in [0.4, 0.5) is 11.5 Å². The molecule has 0 aliphatic heterocycles. The minimum atomic E-state index is 0.335. The van der Waals surface area contributed by atoms with Crippen LogP contribution in [0.5, 0.6) is 0 Å². The quantitative estimate of drug-likeness (QED) is 0.836. The van der Waals surface area contributed by atoms with Crippen LogP contribution in [0.3, 0.4) is 0 Å². The molecule has 98 valence electrons. The third-order valence-electron chi connectivity index (χ3n) is 2.60. The highest BCUT2D eigenvalue weighted by molar-refractivity contribution is 9.10. The van der Waals surface area contributed by atoms with Gasteiger partial charge >= 0.3 is 0 Å². The largest absolute Gasteiger partial charge is 0.389 e. The molecule has 0 saturated carbocycles. The van der Waals surface area contributed by atoms with Gasteiger partial charge in [0, 0.05) is 15.9 Å². The van der Waals surface area contributed by atoms with Crippen LogP contribution in [-0.4, -0.2) is 9.97 Å². The summed E-state index contributed by atoms with van der Waals surface area (Å²) < 4.78 is 1.01. The van der Waals surface area contributed by atoms with Gasteiger partial charge in [-0.15, -0.1) is 0 Å². The zero-order valence-corrected chi connectivity index (χ0v) is 13.1. The van der Waals surface area contributed by atoms with Crippen molar-refractivity contribution < 1.29 is 0 Å². The van der Waals surface area contributed by atoms with Gasteiger partial charge in [0.1, 0.15) is 10.8 Å². The molecule has 0 spiro atoms. The minimum absolute atomic E-state index is 0.335. The number of pyridine rings is 1. The summed E-state index contributed by atoms with van der Waals surface area (Å²) in [4.78, 5) is 4.79. The maximum atomic E-state index is 5.72. The maximum Gasteiger partial charge on any atom is 0.140 e. The summed E-state index contributed by atoms with van der Waals surface area (Å²) in [5, 5.41) is 3.27. The van der Waals surface area contributed by atoms with Crippen molar-refractivity contribution in [2.75, 3.05) is 5.32 Å². The maximum absolute atomic E-state index is 5.72. The van der Waals surface area contributed by atoms with Crippen LogP contribution in [0.25, 0.3) is 0 Å². The molecule has 0 atom stereocenters. The molecule has 2 aromatic rings. The van der Waals surface area contributed by atoms with Gasteiger partial charge < -0.3 is 11.1 Å². The van der Waals surface area contributed by atoms with Gasteiger partial charge in [0.15, 0.2) is 0 Å². The fraction of sp³-hybridized carbons (Fsp3) is 0.143. The molecule has 0 fully saturated rings. The molecule has 0 unspecified atom stereocenters. The Labute approximate surface area is 126 Å². The molecule has 0 bridgehead atoms. The first-order valence-corrected chi connectivity index (χ1v) is 6.97. The number of benzene rings is 1. The average molecular weight is 336 g/mol. The molecule has 3 nitrogen and oxygen atoms in total. The zero-order valence-electron chi connectivity index (χ0n) is 10.7. The highest BCUT2D eigenvalue weighted by atomic mass is 79.9. The van der Waals surface area contributed by atoms with E-state index in [1.165, 1.54) is 0 Å². The summed E-state index contributed by atoms with van der Waals surface area (Å²) in [6.45, 7) is 3.97. The first kappa shape index (κ1) is 14.0. The van der Waals surface area contributed by atoms with Gasteiger partial charge in [-0.3, -0.25) is 0 Å². The van der Waals surface area contributed by atoms with Crippen LogP contribution >= 0.6 is 28.1 Å². The highest BCUT2D eigenvalue weighted by Crippen LogP contribution is 2.24. The van der Waals surface area contributed by atoms with Crippen molar-refractivity contribution in [3.63, 3.8) is 0 Å². The molecule has 0 amide bonds. The summed E-state index contributed by atoms with van der Waals surface area (Å²) >= 11 is 8.53. The lowest BCUT2D eigenvalue weighted by atomic mass is 10.2. The lowest BCUT2D eigenvalue weighted by molar-refractivity contribution is 1.19. The fourth-order valence-corrected chi connectivity index (χ4v) is 2.57. The van der Waals surface area contributed by atoms with Crippen LogP contribution in [0, 0.1) is 13.8 Å². The molecule has 5 heteroatoms. The number of halogens is 1. The molecule has 0 aliphatic rings. The normalized spacial score (nSPS) is 10.3. The van der Waals surface area contributed by atoms with E-state index in [0.29, 0.717) is 10.8 Å². The molecule has 2 rings (SSSR count). The lowest BCUT2D eigenvalue weighted by Crippen LogP contribution is -2.13. The molecule has 19 heavy (non-hydrogen) atoms. The Bertz CT molecular complexity index is 620. The number of nitrogens with two attached hydrogens (primary N) is 1. The van der Waals surface area contributed by atoms with Gasteiger partial charge in [-0.1, -0.05) is 28.1 Å². The number of aryl methyl sites for hydroxylation is 2. The van der Waals surface area contributed by atoms with Crippen LogP contribution in [0.15, 0.2) is 34.8 Å². The van der Waals surface area contributed by atoms with E-state index in [-0.39, 0.29) is 0 Å². The SMILES string of the molecule is Cc1cc(Br)cc(Nc2nc(C)ccc2C(N)=S)c1. The second-order valence-corrected chi connectivity index (χ2v) is 5.71. The number of rotatable bonds is 3. The highest BCUT2D eigenvalue weighted by Gasteiger charge is 2.08. The van der Waals surface area contributed by atoms with Crippen molar-refractivity contribution in [3.05, 3.63) is 51.6 Å². The van der Waals surface area contributed by atoms with Crippen molar-refractivity contribution in [1.82, 2.24) is 4.98 Å². The van der Waals surface area contributed by atoms with Gasteiger partial charge in [-0.2, -0.15) is 0 Å². The smallest absolute Gasteiger partial charge is 0.140 e. The van der Waals surface area contributed by atoms with Gasteiger partial charge in [0.25, 0.3) is 0 Å². The number of hydrogen-bond acceptors (Lipinski definition) is 3. The molecule has 0 radical (unpaired) electrons. The van der Waals surface area contributed by atoms with Crippen LogP contribution in [0.1, 0.15) is 16.8 Å². The van der Waals surface area contributed by atoms with Gasteiger partial charge in [-0.05, 0) is 49.7 Å². The van der Waals surface area contributed by atoms with E-state index in [9.17, 15) is 0 Å². The summed E-state index contributed by atoms with van der Waals surface area (Å²) in [5.74, 6) is 0.685. The molecular formula is C14H14BrN3S. The van der Waals surface area contributed by atoms with Gasteiger partial charge in [0.2, 0.25) is 0 Å². The van der Waals surface area contributed by atoms with E-state index in [0.717, 1.165) is 27.0 Å². The Balaban J connectivity index is 2.42. The van der Waals surface area contributed by atoms with E-state index >= 15 is 0 Å². The first-order chi connectivity index (χ1) is 8.95. The first-order valence-electron chi connectivity index (χ1n) is 5.77. The molecule has 0 aliphatic carbocycles. The molecule has 0 saturated heterocycles. The molecule has 1 aromatic carbocycles. The Morgan fingerprint density at radius 3 is 2.63 bits per heavy atom. The number of nitrogens with zero attached hydrogens (tertiary/aromatic N) is 1. The Kier molecular flexibility index (Phi) is 4.17. The standard InChI is InChI=1S/C14H14BrN3S/c1-8-5-10(15)7-11(6-8)18-14-12(13(16)19)4-3-9(2)17-14/h3-7H,1-2H3,(H2,16,19)(H,17,18). The summed E-state index contributed by atoms with van der Waals surface area (Å²) in [7, 11) is 0. The number of anilines is 2. The van der Waals surface area contributed by atoms with Crippen molar-refractivity contribution in [2.45, 2.75) is 13.8 Å². The van der Waals surface area contributed by atoms with E-state index in [1.807, 2.05) is 44.2 Å². The molecule has 1 aromatic heterocycles. The number of aromatic nitrogens is 1. The van der Waals surface area contributed by atoms with Crippen LogP contribution < -0.4 is 11.1 Å². The molecular weight excluding hydrogens is 322 g/mol. The Hall–Kier alpha value is -1.46. The topological polar surface area (TPSA) is 50.9 Å². The third-order valence-corrected chi connectivity index (χ3v) is 3.28. The van der Waals surface area contributed by atoms with Crippen LogP contribution in [-0.2, 0) is 0 Å². The molecule has 3 N–H and O–H groups in total. The molecule has 1 heterocycles. The van der Waals surface area contributed by atoms with Gasteiger partial charge in [-0.25, -0.2) is 4.98 Å². The average Bonchev–Trinajstić information content (AvgIpc) is 2.26. The predicted octanol–water partition coefficient (Wildman–Crippen LogP) is 3.84. The monoisotopic (exact) mass is 335 g/mol. The lowest BCUT2D eigenvalue weighted by Gasteiger charge is -2.12. The number of hydrogen-bond donors (Lipinski definition) is 2. The summed E-state index contributed by atoms with van der Waals surface area (Å²) in [6, 6.07) is 9.85. The van der Waals surface area contributed by atoms with Crippen LogP contribution in [0.2, 0.25) is 0 Å². The number of nitrogens with one attached hydrogen (secondary N) is 1. The summed E-state index contributed by atoms with van der Waals surface area (Å²) in [5.41, 5.74) is 9.48. The van der Waals surface area contributed by atoms with Crippen molar-refractivity contribution in [2.24, 2.45) is 5.73 Å². The predicted molar refractivity (Wildman–Crippen MR) is 87.0 cm³/mol. The van der Waals surface area contributed by atoms with Gasteiger partial charge in [0.05, 0.1) is 5.56 Å². The zero-order chi connectivity index (χ0) is 14.0. The second kappa shape index (κ2) is 5.67.